The minimum Gasteiger partial charge on any atom is -0.313 e. The van der Waals surface area contributed by atoms with E-state index in [-0.39, 0.29) is 0 Å². The van der Waals surface area contributed by atoms with Crippen LogP contribution in [0.2, 0.25) is 0 Å². The molecule has 2 atom stereocenters. The van der Waals surface area contributed by atoms with E-state index in [4.69, 9.17) is 0 Å². The summed E-state index contributed by atoms with van der Waals surface area (Å²) in [5.74, 6) is 0.681. The van der Waals surface area contributed by atoms with E-state index in [0.717, 1.165) is 13.0 Å². The van der Waals surface area contributed by atoms with E-state index >= 15 is 0 Å². The number of hydrogen-bond donors (Lipinski definition) is 1. The van der Waals surface area contributed by atoms with Crippen LogP contribution in [0.1, 0.15) is 47.4 Å². The first-order valence-electron chi connectivity index (χ1n) is 7.81. The molecular formula is C17H22BrNS2. The molecule has 0 bridgehead atoms. The second-order valence-electron chi connectivity index (χ2n) is 5.75. The van der Waals surface area contributed by atoms with Gasteiger partial charge < -0.3 is 5.32 Å². The van der Waals surface area contributed by atoms with Crippen molar-refractivity contribution in [3.05, 3.63) is 42.7 Å². The van der Waals surface area contributed by atoms with Crippen molar-refractivity contribution in [2.75, 3.05) is 6.54 Å². The quantitative estimate of drug-likeness (QED) is 0.683. The third-order valence-electron chi connectivity index (χ3n) is 4.34. The van der Waals surface area contributed by atoms with Crippen molar-refractivity contribution in [3.63, 3.8) is 0 Å². The van der Waals surface area contributed by atoms with Crippen LogP contribution in [0.5, 0.6) is 0 Å². The van der Waals surface area contributed by atoms with Crippen molar-refractivity contribution in [1.29, 1.82) is 0 Å². The molecule has 0 radical (unpaired) electrons. The molecule has 0 aromatic carbocycles. The fourth-order valence-electron chi connectivity index (χ4n) is 3.30. The Balaban J connectivity index is 1.81. The van der Waals surface area contributed by atoms with Gasteiger partial charge in [-0.3, -0.25) is 0 Å². The van der Waals surface area contributed by atoms with E-state index in [9.17, 15) is 0 Å². The van der Waals surface area contributed by atoms with E-state index in [2.05, 4.69) is 51.1 Å². The van der Waals surface area contributed by atoms with Crippen LogP contribution in [0, 0.1) is 0 Å². The lowest BCUT2D eigenvalue weighted by Crippen LogP contribution is -2.38. The highest BCUT2D eigenvalue weighted by Gasteiger charge is 2.29. The molecule has 0 amide bonds. The van der Waals surface area contributed by atoms with Crippen LogP contribution in [-0.2, 0) is 12.8 Å². The molecule has 3 rings (SSSR count). The van der Waals surface area contributed by atoms with Crippen molar-refractivity contribution in [3.8, 4) is 0 Å². The SMILES string of the molecule is CCCNC(Cc1sccc1Br)C1CCCc2sccc21. The summed E-state index contributed by atoms with van der Waals surface area (Å²) in [4.78, 5) is 3.10. The summed E-state index contributed by atoms with van der Waals surface area (Å²) in [5.41, 5.74) is 1.62. The molecule has 0 fully saturated rings. The van der Waals surface area contributed by atoms with Gasteiger partial charge in [-0.25, -0.2) is 0 Å². The van der Waals surface area contributed by atoms with Crippen LogP contribution in [-0.4, -0.2) is 12.6 Å². The van der Waals surface area contributed by atoms with Gasteiger partial charge in [0.05, 0.1) is 0 Å². The van der Waals surface area contributed by atoms with Gasteiger partial charge in [-0.15, -0.1) is 22.7 Å². The summed E-state index contributed by atoms with van der Waals surface area (Å²) >= 11 is 7.52. The van der Waals surface area contributed by atoms with Crippen molar-refractivity contribution in [2.45, 2.75) is 51.0 Å². The van der Waals surface area contributed by atoms with Crippen LogP contribution in [0.15, 0.2) is 27.4 Å². The van der Waals surface area contributed by atoms with Crippen molar-refractivity contribution >= 4 is 38.6 Å². The van der Waals surface area contributed by atoms with E-state index in [1.807, 2.05) is 22.7 Å². The smallest absolute Gasteiger partial charge is 0.0314 e. The van der Waals surface area contributed by atoms with Gasteiger partial charge in [-0.2, -0.15) is 0 Å². The third-order valence-corrected chi connectivity index (χ3v) is 7.28. The first-order chi connectivity index (χ1) is 10.3. The predicted molar refractivity (Wildman–Crippen MR) is 97.8 cm³/mol. The topological polar surface area (TPSA) is 12.0 Å². The van der Waals surface area contributed by atoms with Gasteiger partial charge in [0, 0.05) is 26.2 Å². The number of nitrogens with one attached hydrogen (secondary N) is 1. The van der Waals surface area contributed by atoms with Gasteiger partial charge in [-0.1, -0.05) is 6.92 Å². The lowest BCUT2D eigenvalue weighted by Gasteiger charge is -2.31. The zero-order chi connectivity index (χ0) is 14.7. The molecule has 0 spiro atoms. The Labute approximate surface area is 143 Å². The molecule has 0 aliphatic heterocycles. The van der Waals surface area contributed by atoms with Crippen molar-refractivity contribution in [1.82, 2.24) is 5.32 Å². The lowest BCUT2D eigenvalue weighted by atomic mass is 9.81. The third kappa shape index (κ3) is 3.61. The fourth-order valence-corrected chi connectivity index (χ4v) is 5.87. The number of fused-ring (bicyclic) bond motifs is 1. The summed E-state index contributed by atoms with van der Waals surface area (Å²) < 4.78 is 1.28. The summed E-state index contributed by atoms with van der Waals surface area (Å²) in [6.07, 6.45) is 6.29. The Kier molecular flexibility index (Phi) is 5.54. The van der Waals surface area contributed by atoms with E-state index in [0.29, 0.717) is 12.0 Å². The zero-order valence-electron chi connectivity index (χ0n) is 12.4. The van der Waals surface area contributed by atoms with Gasteiger partial charge in [0.15, 0.2) is 0 Å². The summed E-state index contributed by atoms with van der Waals surface area (Å²) in [6, 6.07) is 5.11. The molecule has 21 heavy (non-hydrogen) atoms. The Morgan fingerprint density at radius 2 is 2.19 bits per heavy atom. The molecule has 114 valence electrons. The summed E-state index contributed by atoms with van der Waals surface area (Å²) in [5, 5.41) is 8.29. The average molecular weight is 384 g/mol. The number of hydrogen-bond acceptors (Lipinski definition) is 3. The molecule has 0 saturated heterocycles. The second kappa shape index (κ2) is 7.40. The van der Waals surface area contributed by atoms with Gasteiger partial charge >= 0.3 is 0 Å². The van der Waals surface area contributed by atoms with E-state index < -0.39 is 0 Å². The minimum absolute atomic E-state index is 0.563. The lowest BCUT2D eigenvalue weighted by molar-refractivity contribution is 0.393. The Bertz CT molecular complexity index is 575. The van der Waals surface area contributed by atoms with Gasteiger partial charge in [0.1, 0.15) is 0 Å². The number of thiophene rings is 2. The summed E-state index contributed by atoms with van der Waals surface area (Å²) in [6.45, 7) is 3.37. The van der Waals surface area contributed by atoms with E-state index in [1.54, 1.807) is 10.4 Å². The molecule has 1 N–H and O–H groups in total. The average Bonchev–Trinajstić information content (AvgIpc) is 3.12. The van der Waals surface area contributed by atoms with Crippen LogP contribution < -0.4 is 5.32 Å². The second-order valence-corrected chi connectivity index (χ2v) is 8.61. The molecule has 2 unspecified atom stereocenters. The first kappa shape index (κ1) is 15.7. The van der Waals surface area contributed by atoms with Gasteiger partial charge in [-0.05, 0) is 83.0 Å². The van der Waals surface area contributed by atoms with Crippen LogP contribution in [0.25, 0.3) is 0 Å². The molecule has 2 aromatic rings. The maximum absolute atomic E-state index is 3.83. The van der Waals surface area contributed by atoms with Gasteiger partial charge in [0.25, 0.3) is 0 Å². The summed E-state index contributed by atoms with van der Waals surface area (Å²) in [7, 11) is 0. The molecule has 2 heterocycles. The molecule has 2 aromatic heterocycles. The molecule has 4 heteroatoms. The van der Waals surface area contributed by atoms with Gasteiger partial charge in [0.2, 0.25) is 0 Å². The normalized spacial score (nSPS) is 19.4. The standard InChI is InChI=1S/C17H22BrNS2/c1-2-8-19-15(11-17-14(18)7-10-21-17)12-4-3-5-16-13(12)6-9-20-16/h6-7,9-10,12,15,19H,2-5,8,11H2,1H3. The van der Waals surface area contributed by atoms with Crippen LogP contribution in [0.4, 0.5) is 0 Å². The predicted octanol–water partition coefficient (Wildman–Crippen LogP) is 5.60. The largest absolute Gasteiger partial charge is 0.313 e. The highest BCUT2D eigenvalue weighted by atomic mass is 79.9. The monoisotopic (exact) mass is 383 g/mol. The molecule has 0 saturated carbocycles. The molecular weight excluding hydrogens is 362 g/mol. The van der Waals surface area contributed by atoms with E-state index in [1.165, 1.54) is 35.0 Å². The van der Waals surface area contributed by atoms with Crippen molar-refractivity contribution in [2.24, 2.45) is 0 Å². The van der Waals surface area contributed by atoms with Crippen LogP contribution in [0.3, 0.4) is 0 Å². The number of aryl methyl sites for hydroxylation is 1. The minimum atomic E-state index is 0.563. The number of rotatable bonds is 6. The first-order valence-corrected chi connectivity index (χ1v) is 10.4. The number of halogens is 1. The Morgan fingerprint density at radius 3 is 2.95 bits per heavy atom. The van der Waals surface area contributed by atoms with Crippen molar-refractivity contribution < 1.29 is 0 Å². The highest BCUT2D eigenvalue weighted by Crippen LogP contribution is 2.38. The van der Waals surface area contributed by atoms with Crippen LogP contribution >= 0.6 is 38.6 Å². The maximum atomic E-state index is 3.83. The Hall–Kier alpha value is -0.160. The highest BCUT2D eigenvalue weighted by molar-refractivity contribution is 9.10. The maximum Gasteiger partial charge on any atom is 0.0314 e. The molecule has 1 aliphatic rings. The zero-order valence-corrected chi connectivity index (χ0v) is 15.6. The fraction of sp³-hybridized carbons (Fsp3) is 0.529. The molecule has 1 aliphatic carbocycles. The molecule has 1 nitrogen and oxygen atoms in total. The Morgan fingerprint density at radius 1 is 1.33 bits per heavy atom.